The van der Waals surface area contributed by atoms with Crippen molar-refractivity contribution in [3.63, 3.8) is 0 Å². The third kappa shape index (κ3) is 6.81. The third-order valence-corrected chi connectivity index (χ3v) is 4.34. The monoisotopic (exact) mass is 429 g/mol. The highest BCUT2D eigenvalue weighted by molar-refractivity contribution is 5.96. The van der Waals surface area contributed by atoms with Crippen molar-refractivity contribution >= 4 is 34.8 Å². The van der Waals surface area contributed by atoms with Crippen LogP contribution >= 0.6 is 0 Å². The zero-order valence-electron chi connectivity index (χ0n) is 17.4. The maximum atomic E-state index is 12.1. The molecule has 10 nitrogen and oxygen atoms in total. The summed E-state index contributed by atoms with van der Waals surface area (Å²) < 4.78 is 9.83. The number of amides is 2. The van der Waals surface area contributed by atoms with Crippen LogP contribution in [0.5, 0.6) is 5.75 Å². The van der Waals surface area contributed by atoms with E-state index in [1.165, 1.54) is 25.3 Å². The van der Waals surface area contributed by atoms with Gasteiger partial charge in [0.15, 0.2) is 6.61 Å². The molecule has 2 N–H and O–H groups in total. The van der Waals surface area contributed by atoms with Crippen LogP contribution in [-0.4, -0.2) is 36.4 Å². The number of carbonyl (C=O) groups is 3. The van der Waals surface area contributed by atoms with E-state index in [0.717, 1.165) is 11.1 Å². The molecule has 2 aromatic carbocycles. The predicted molar refractivity (Wildman–Crippen MR) is 113 cm³/mol. The standard InChI is InChI=1S/C21H23N3O7/c1-13-5-4-6-14(2)21(13)23-18(25)9-10-20(27)31-12-19(26)22-16-11-15(30-3)7-8-17(16)24(28)29/h4-8,11H,9-10,12H2,1-3H3,(H,22,26)(H,23,25). The number of methoxy groups -OCH3 is 1. The van der Waals surface area contributed by atoms with Gasteiger partial charge in [0.1, 0.15) is 11.4 Å². The van der Waals surface area contributed by atoms with Crippen LogP contribution in [0.25, 0.3) is 0 Å². The van der Waals surface area contributed by atoms with E-state index in [0.29, 0.717) is 11.4 Å². The maximum absolute atomic E-state index is 12.1. The first-order valence-corrected chi connectivity index (χ1v) is 9.35. The maximum Gasteiger partial charge on any atom is 0.306 e. The van der Waals surface area contributed by atoms with Crippen LogP contribution in [0.4, 0.5) is 17.1 Å². The van der Waals surface area contributed by atoms with E-state index < -0.39 is 23.4 Å². The molecule has 164 valence electrons. The average Bonchev–Trinajstić information content (AvgIpc) is 2.73. The van der Waals surface area contributed by atoms with Gasteiger partial charge in [-0.3, -0.25) is 24.5 Å². The molecule has 2 amide bonds. The number of nitro benzene ring substituents is 1. The van der Waals surface area contributed by atoms with E-state index in [4.69, 9.17) is 9.47 Å². The van der Waals surface area contributed by atoms with Crippen LogP contribution in [-0.2, 0) is 19.1 Å². The number of rotatable bonds is 9. The molecular weight excluding hydrogens is 406 g/mol. The quantitative estimate of drug-likeness (QED) is 0.355. The van der Waals surface area contributed by atoms with Crippen molar-refractivity contribution in [2.75, 3.05) is 24.4 Å². The Morgan fingerprint density at radius 3 is 2.29 bits per heavy atom. The minimum Gasteiger partial charge on any atom is -0.497 e. The largest absolute Gasteiger partial charge is 0.497 e. The number of hydrogen-bond acceptors (Lipinski definition) is 7. The molecule has 0 unspecified atom stereocenters. The summed E-state index contributed by atoms with van der Waals surface area (Å²) in [7, 11) is 1.38. The lowest BCUT2D eigenvalue weighted by Crippen LogP contribution is -2.22. The van der Waals surface area contributed by atoms with Gasteiger partial charge in [0.2, 0.25) is 5.91 Å². The second-order valence-corrected chi connectivity index (χ2v) is 6.66. The molecule has 0 atom stereocenters. The summed E-state index contributed by atoms with van der Waals surface area (Å²) >= 11 is 0. The molecule has 2 rings (SSSR count). The predicted octanol–water partition coefficient (Wildman–Crippen LogP) is 3.12. The first kappa shape index (κ1) is 23.3. The SMILES string of the molecule is COc1ccc([N+](=O)[O-])c(NC(=O)COC(=O)CCC(=O)Nc2c(C)cccc2C)c1. The molecule has 0 aliphatic heterocycles. The fourth-order valence-electron chi connectivity index (χ4n) is 2.74. The third-order valence-electron chi connectivity index (χ3n) is 4.34. The van der Waals surface area contributed by atoms with E-state index in [1.807, 2.05) is 32.0 Å². The van der Waals surface area contributed by atoms with E-state index in [2.05, 4.69) is 10.6 Å². The Morgan fingerprint density at radius 1 is 1.00 bits per heavy atom. The van der Waals surface area contributed by atoms with Gasteiger partial charge in [0.25, 0.3) is 11.6 Å². The Labute approximate surface area is 178 Å². The molecule has 2 aromatic rings. The molecule has 31 heavy (non-hydrogen) atoms. The van der Waals surface area contributed by atoms with Crippen molar-refractivity contribution in [3.05, 3.63) is 57.6 Å². The van der Waals surface area contributed by atoms with Crippen LogP contribution in [0.2, 0.25) is 0 Å². The van der Waals surface area contributed by atoms with Crippen LogP contribution in [0.1, 0.15) is 24.0 Å². The van der Waals surface area contributed by atoms with Gasteiger partial charge in [0, 0.05) is 24.2 Å². The first-order valence-electron chi connectivity index (χ1n) is 9.35. The normalized spacial score (nSPS) is 10.2. The number of ether oxygens (including phenoxy) is 2. The summed E-state index contributed by atoms with van der Waals surface area (Å²) in [6.45, 7) is 3.08. The lowest BCUT2D eigenvalue weighted by Gasteiger charge is -2.11. The number of hydrogen-bond donors (Lipinski definition) is 2. The zero-order valence-corrected chi connectivity index (χ0v) is 17.4. The summed E-state index contributed by atoms with van der Waals surface area (Å²) in [5, 5.41) is 16.2. The van der Waals surface area contributed by atoms with Crippen LogP contribution < -0.4 is 15.4 Å². The topological polar surface area (TPSA) is 137 Å². The van der Waals surface area contributed by atoms with Gasteiger partial charge in [0.05, 0.1) is 18.5 Å². The minimum atomic E-state index is -0.760. The number of nitrogens with one attached hydrogen (secondary N) is 2. The number of benzene rings is 2. The van der Waals surface area contributed by atoms with Gasteiger partial charge in [-0.05, 0) is 31.0 Å². The fourth-order valence-corrected chi connectivity index (χ4v) is 2.74. The van der Waals surface area contributed by atoms with E-state index in [1.54, 1.807) is 0 Å². The Morgan fingerprint density at radius 2 is 1.68 bits per heavy atom. The number of para-hydroxylation sites is 1. The Hall–Kier alpha value is -3.95. The number of anilines is 2. The van der Waals surface area contributed by atoms with Gasteiger partial charge < -0.3 is 20.1 Å². The fraction of sp³-hybridized carbons (Fsp3) is 0.286. The molecule has 0 saturated carbocycles. The number of nitro groups is 1. The van der Waals surface area contributed by atoms with Crippen LogP contribution in [0, 0.1) is 24.0 Å². The van der Waals surface area contributed by atoms with Crippen LogP contribution in [0.3, 0.4) is 0 Å². The number of aryl methyl sites for hydroxylation is 2. The lowest BCUT2D eigenvalue weighted by atomic mass is 10.1. The molecule has 0 aromatic heterocycles. The van der Waals surface area contributed by atoms with E-state index in [-0.39, 0.29) is 30.1 Å². The molecule has 0 heterocycles. The summed E-state index contributed by atoms with van der Waals surface area (Å²) in [5.74, 6) is -1.55. The van der Waals surface area contributed by atoms with Crippen molar-refractivity contribution in [3.8, 4) is 5.75 Å². The molecule has 10 heteroatoms. The highest BCUT2D eigenvalue weighted by Crippen LogP contribution is 2.28. The first-order chi connectivity index (χ1) is 14.7. The minimum absolute atomic E-state index is 0.0848. The van der Waals surface area contributed by atoms with Crippen molar-refractivity contribution in [1.82, 2.24) is 0 Å². The van der Waals surface area contributed by atoms with Gasteiger partial charge in [-0.1, -0.05) is 18.2 Å². The molecule has 0 aliphatic carbocycles. The second-order valence-electron chi connectivity index (χ2n) is 6.66. The molecule has 0 bridgehead atoms. The van der Waals surface area contributed by atoms with Crippen molar-refractivity contribution in [1.29, 1.82) is 0 Å². The van der Waals surface area contributed by atoms with Crippen molar-refractivity contribution < 1.29 is 28.8 Å². The number of carbonyl (C=O) groups excluding carboxylic acids is 3. The summed E-state index contributed by atoms with van der Waals surface area (Å²) in [6, 6.07) is 9.47. The molecule has 0 spiro atoms. The van der Waals surface area contributed by atoms with Gasteiger partial charge in [-0.15, -0.1) is 0 Å². The lowest BCUT2D eigenvalue weighted by molar-refractivity contribution is -0.383. The van der Waals surface area contributed by atoms with Gasteiger partial charge in [-0.25, -0.2) is 0 Å². The molecular formula is C21H23N3O7. The number of esters is 1. The second kappa shape index (κ2) is 10.7. The van der Waals surface area contributed by atoms with Gasteiger partial charge >= 0.3 is 5.97 Å². The zero-order chi connectivity index (χ0) is 23.0. The van der Waals surface area contributed by atoms with Gasteiger partial charge in [-0.2, -0.15) is 0 Å². The highest BCUT2D eigenvalue weighted by atomic mass is 16.6. The van der Waals surface area contributed by atoms with Crippen molar-refractivity contribution in [2.24, 2.45) is 0 Å². The summed E-state index contributed by atoms with van der Waals surface area (Å²) in [5.41, 5.74) is 2.08. The van der Waals surface area contributed by atoms with E-state index in [9.17, 15) is 24.5 Å². The van der Waals surface area contributed by atoms with Crippen molar-refractivity contribution in [2.45, 2.75) is 26.7 Å². The smallest absolute Gasteiger partial charge is 0.306 e. The average molecular weight is 429 g/mol. The summed E-state index contributed by atoms with van der Waals surface area (Å²) in [4.78, 5) is 46.4. The Bertz CT molecular complexity index is 984. The highest BCUT2D eigenvalue weighted by Gasteiger charge is 2.18. The van der Waals surface area contributed by atoms with Crippen LogP contribution in [0.15, 0.2) is 36.4 Å². The number of nitrogens with zero attached hydrogens (tertiary/aromatic N) is 1. The molecule has 0 aliphatic rings. The molecule has 0 radical (unpaired) electrons. The Balaban J connectivity index is 1.83. The molecule has 0 saturated heterocycles. The summed E-state index contributed by atoms with van der Waals surface area (Å²) in [6.07, 6.45) is -0.334. The Kier molecular flexibility index (Phi) is 8.07. The van der Waals surface area contributed by atoms with E-state index >= 15 is 0 Å². The molecule has 0 fully saturated rings.